The molecule has 1 fully saturated rings. The highest BCUT2D eigenvalue weighted by molar-refractivity contribution is 7.89. The van der Waals surface area contributed by atoms with Crippen LogP contribution in [-0.4, -0.2) is 42.5 Å². The average Bonchev–Trinajstić information content (AvgIpc) is 2.88. The van der Waals surface area contributed by atoms with Crippen molar-refractivity contribution in [3.05, 3.63) is 18.3 Å². The molecule has 8 heteroatoms. The van der Waals surface area contributed by atoms with Crippen LogP contribution >= 0.6 is 0 Å². The van der Waals surface area contributed by atoms with E-state index in [2.05, 4.69) is 10.4 Å². The molecule has 1 aliphatic heterocycles. The van der Waals surface area contributed by atoms with Crippen LogP contribution in [0.2, 0.25) is 0 Å². The van der Waals surface area contributed by atoms with Crippen molar-refractivity contribution < 1.29 is 13.5 Å². The van der Waals surface area contributed by atoms with Gasteiger partial charge in [-0.05, 0) is 24.5 Å². The summed E-state index contributed by atoms with van der Waals surface area (Å²) in [5.41, 5.74) is 2.34. The maximum atomic E-state index is 12.2. The number of aliphatic hydroxyl groups excluding tert-OH is 1. The van der Waals surface area contributed by atoms with Crippen LogP contribution in [-0.2, 0) is 10.0 Å². The molecule has 0 aliphatic carbocycles. The van der Waals surface area contributed by atoms with Gasteiger partial charge in [0.25, 0.3) is 0 Å². The number of sulfonamides is 1. The van der Waals surface area contributed by atoms with Gasteiger partial charge in [-0.3, -0.25) is 0 Å². The Hall–Kier alpha value is -1.22. The molecule has 0 saturated carbocycles. The summed E-state index contributed by atoms with van der Waals surface area (Å²) in [6, 6.07) is 2.97. The standard InChI is InChI=1S/C10H16N4O3S/c11-13-10-2-1-9(5-12-10)18(16,17)14-4-3-8(6-14)7-15/h1-2,5,8,15H,3-4,6-7,11H2,(H,12,13). The number of aromatic nitrogens is 1. The number of nitrogens with two attached hydrogens (primary N) is 1. The van der Waals surface area contributed by atoms with Crippen LogP contribution in [0.15, 0.2) is 23.2 Å². The molecule has 7 nitrogen and oxygen atoms in total. The van der Waals surface area contributed by atoms with Gasteiger partial charge in [0.2, 0.25) is 10.0 Å². The first kappa shape index (κ1) is 13.2. The molecule has 0 spiro atoms. The minimum absolute atomic E-state index is 0.0142. The van der Waals surface area contributed by atoms with E-state index in [9.17, 15) is 8.42 Å². The Bertz CT molecular complexity index is 502. The number of hydrogen-bond acceptors (Lipinski definition) is 6. The van der Waals surface area contributed by atoms with Gasteiger partial charge in [0.1, 0.15) is 10.7 Å². The predicted octanol–water partition coefficient (Wildman–Crippen LogP) is -0.630. The van der Waals surface area contributed by atoms with Gasteiger partial charge in [0, 0.05) is 25.9 Å². The fraction of sp³-hybridized carbons (Fsp3) is 0.500. The van der Waals surface area contributed by atoms with Crippen LogP contribution in [0, 0.1) is 5.92 Å². The zero-order valence-corrected chi connectivity index (χ0v) is 10.6. The third-order valence-corrected chi connectivity index (χ3v) is 4.88. The molecule has 100 valence electrons. The fourth-order valence-electron chi connectivity index (χ4n) is 1.93. The molecule has 2 rings (SSSR count). The average molecular weight is 272 g/mol. The van der Waals surface area contributed by atoms with E-state index in [1.807, 2.05) is 0 Å². The number of pyridine rings is 1. The van der Waals surface area contributed by atoms with Crippen molar-refractivity contribution in [3.8, 4) is 0 Å². The SMILES string of the molecule is NNc1ccc(S(=O)(=O)N2CCC(CO)C2)cn1. The van der Waals surface area contributed by atoms with E-state index in [4.69, 9.17) is 10.9 Å². The van der Waals surface area contributed by atoms with E-state index in [-0.39, 0.29) is 17.4 Å². The zero-order valence-electron chi connectivity index (χ0n) is 9.78. The molecular formula is C10H16N4O3S. The van der Waals surface area contributed by atoms with Crippen molar-refractivity contribution in [2.75, 3.05) is 25.1 Å². The summed E-state index contributed by atoms with van der Waals surface area (Å²) in [5, 5.41) is 9.03. The van der Waals surface area contributed by atoms with Gasteiger partial charge in [-0.15, -0.1) is 0 Å². The summed E-state index contributed by atoms with van der Waals surface area (Å²) < 4.78 is 25.9. The second-order valence-corrected chi connectivity index (χ2v) is 6.16. The van der Waals surface area contributed by atoms with Crippen molar-refractivity contribution in [2.24, 2.45) is 11.8 Å². The molecule has 0 aromatic carbocycles. The molecule has 1 saturated heterocycles. The van der Waals surface area contributed by atoms with Crippen LogP contribution in [0.5, 0.6) is 0 Å². The Balaban J connectivity index is 2.20. The molecule has 1 aromatic rings. The molecule has 0 radical (unpaired) electrons. The Labute approximate surface area is 106 Å². The second-order valence-electron chi connectivity index (χ2n) is 4.22. The maximum absolute atomic E-state index is 12.2. The quantitative estimate of drug-likeness (QED) is 0.497. The first-order valence-corrected chi connectivity index (χ1v) is 7.05. The molecule has 2 heterocycles. The summed E-state index contributed by atoms with van der Waals surface area (Å²) in [7, 11) is -3.52. The van der Waals surface area contributed by atoms with Gasteiger partial charge in [0.15, 0.2) is 0 Å². The first-order chi connectivity index (χ1) is 8.57. The number of hydrogen-bond donors (Lipinski definition) is 3. The van der Waals surface area contributed by atoms with E-state index in [0.717, 1.165) is 0 Å². The van der Waals surface area contributed by atoms with Gasteiger partial charge in [0.05, 0.1) is 0 Å². The lowest BCUT2D eigenvalue weighted by Gasteiger charge is -2.16. The van der Waals surface area contributed by atoms with Crippen LogP contribution < -0.4 is 11.3 Å². The Kier molecular flexibility index (Phi) is 3.81. The molecule has 0 bridgehead atoms. The van der Waals surface area contributed by atoms with E-state index >= 15 is 0 Å². The Morgan fingerprint density at radius 2 is 2.33 bits per heavy atom. The highest BCUT2D eigenvalue weighted by Crippen LogP contribution is 2.23. The lowest BCUT2D eigenvalue weighted by Crippen LogP contribution is -2.29. The van der Waals surface area contributed by atoms with Gasteiger partial charge in [-0.25, -0.2) is 19.2 Å². The van der Waals surface area contributed by atoms with Crippen molar-refractivity contribution in [3.63, 3.8) is 0 Å². The fourth-order valence-corrected chi connectivity index (χ4v) is 3.41. The van der Waals surface area contributed by atoms with Gasteiger partial charge in [-0.1, -0.05) is 0 Å². The van der Waals surface area contributed by atoms with E-state index in [1.165, 1.54) is 22.6 Å². The zero-order chi connectivity index (χ0) is 13.2. The summed E-state index contributed by atoms with van der Waals surface area (Å²) in [6.07, 6.45) is 1.96. The number of anilines is 1. The molecule has 1 aliphatic rings. The highest BCUT2D eigenvalue weighted by atomic mass is 32.2. The molecule has 4 N–H and O–H groups in total. The first-order valence-electron chi connectivity index (χ1n) is 5.61. The topological polar surface area (TPSA) is 109 Å². The van der Waals surface area contributed by atoms with Crippen LogP contribution in [0.1, 0.15) is 6.42 Å². The number of rotatable bonds is 4. The minimum Gasteiger partial charge on any atom is -0.396 e. The molecule has 0 amide bonds. The van der Waals surface area contributed by atoms with Crippen LogP contribution in [0.4, 0.5) is 5.82 Å². The number of aliphatic hydroxyl groups is 1. The summed E-state index contributed by atoms with van der Waals surface area (Å²) in [4.78, 5) is 4.02. The van der Waals surface area contributed by atoms with Crippen LogP contribution in [0.3, 0.4) is 0 Å². The molecular weight excluding hydrogens is 256 g/mol. The van der Waals surface area contributed by atoms with Crippen LogP contribution in [0.25, 0.3) is 0 Å². The van der Waals surface area contributed by atoms with E-state index < -0.39 is 10.0 Å². The molecule has 18 heavy (non-hydrogen) atoms. The molecule has 1 atom stereocenters. The lowest BCUT2D eigenvalue weighted by molar-refractivity contribution is 0.233. The van der Waals surface area contributed by atoms with Crippen molar-refractivity contribution in [2.45, 2.75) is 11.3 Å². The minimum atomic E-state index is -3.52. The Morgan fingerprint density at radius 1 is 1.56 bits per heavy atom. The van der Waals surface area contributed by atoms with Crippen molar-refractivity contribution in [1.82, 2.24) is 9.29 Å². The van der Waals surface area contributed by atoms with E-state index in [1.54, 1.807) is 0 Å². The lowest BCUT2D eigenvalue weighted by atomic mass is 10.1. The smallest absolute Gasteiger partial charge is 0.244 e. The van der Waals surface area contributed by atoms with Gasteiger partial charge < -0.3 is 10.5 Å². The van der Waals surface area contributed by atoms with Gasteiger partial charge in [-0.2, -0.15) is 4.31 Å². The van der Waals surface area contributed by atoms with Gasteiger partial charge >= 0.3 is 0 Å². The summed E-state index contributed by atoms with van der Waals surface area (Å²) >= 11 is 0. The number of nitrogens with zero attached hydrogens (tertiary/aromatic N) is 2. The number of hydrazine groups is 1. The normalized spacial score (nSPS) is 21.1. The second kappa shape index (κ2) is 5.19. The highest BCUT2D eigenvalue weighted by Gasteiger charge is 2.32. The third-order valence-electron chi connectivity index (χ3n) is 3.03. The number of nitrogens with one attached hydrogen (secondary N) is 1. The third kappa shape index (κ3) is 2.46. The Morgan fingerprint density at radius 3 is 2.83 bits per heavy atom. The van der Waals surface area contributed by atoms with E-state index in [0.29, 0.717) is 25.3 Å². The summed E-state index contributed by atoms with van der Waals surface area (Å²) in [5.74, 6) is 5.60. The predicted molar refractivity (Wildman–Crippen MR) is 66.0 cm³/mol. The summed E-state index contributed by atoms with van der Waals surface area (Å²) in [6.45, 7) is 0.806. The maximum Gasteiger partial charge on any atom is 0.244 e. The molecule has 1 unspecified atom stereocenters. The largest absolute Gasteiger partial charge is 0.396 e. The van der Waals surface area contributed by atoms with Crippen molar-refractivity contribution in [1.29, 1.82) is 0 Å². The molecule has 1 aromatic heterocycles. The van der Waals surface area contributed by atoms with Crippen molar-refractivity contribution >= 4 is 15.8 Å². The monoisotopic (exact) mass is 272 g/mol. The number of nitrogen functional groups attached to an aromatic ring is 1.